The van der Waals surface area contributed by atoms with Crippen molar-refractivity contribution in [2.75, 3.05) is 20.7 Å². The van der Waals surface area contributed by atoms with Gasteiger partial charge in [-0.3, -0.25) is 4.79 Å². The standard InChI is InChI=1S/C20H22N2.C2H4O2/c1-15-7-9-16(10-8-15)13-22-19-6-4-3-5-17(19)18-11-12-21(2)14-20(18)22;1-4-2-3/h3-10H,11-14H2,1-2H3;2H,1H3. The number of ether oxygens (including phenoxy) is 1. The number of para-hydroxylation sites is 1. The van der Waals surface area contributed by atoms with Crippen LogP contribution in [0.5, 0.6) is 0 Å². The van der Waals surface area contributed by atoms with Crippen LogP contribution in [0.15, 0.2) is 48.5 Å². The van der Waals surface area contributed by atoms with E-state index in [0.717, 1.165) is 26.1 Å². The van der Waals surface area contributed by atoms with Crippen LogP contribution in [-0.4, -0.2) is 36.6 Å². The van der Waals surface area contributed by atoms with Gasteiger partial charge in [0.1, 0.15) is 0 Å². The van der Waals surface area contributed by atoms with Gasteiger partial charge in [0.2, 0.25) is 0 Å². The maximum Gasteiger partial charge on any atom is 0.292 e. The largest absolute Gasteiger partial charge is 0.471 e. The van der Waals surface area contributed by atoms with E-state index in [2.05, 4.69) is 76.7 Å². The van der Waals surface area contributed by atoms with Crippen molar-refractivity contribution in [2.45, 2.75) is 26.4 Å². The third-order valence-corrected chi connectivity index (χ3v) is 4.91. The van der Waals surface area contributed by atoms with Crippen LogP contribution in [0.1, 0.15) is 22.4 Å². The summed E-state index contributed by atoms with van der Waals surface area (Å²) >= 11 is 0. The van der Waals surface area contributed by atoms with E-state index >= 15 is 0 Å². The molecule has 1 aliphatic rings. The van der Waals surface area contributed by atoms with E-state index in [1.807, 2.05) is 0 Å². The number of fused-ring (bicyclic) bond motifs is 3. The normalized spacial score (nSPS) is 13.7. The summed E-state index contributed by atoms with van der Waals surface area (Å²) in [6.07, 6.45) is 1.16. The molecule has 0 bridgehead atoms. The van der Waals surface area contributed by atoms with Gasteiger partial charge in [0.05, 0.1) is 7.11 Å². The SMILES string of the molecule is COC=O.Cc1ccc(Cn2c3c(c4ccccc42)CCN(C)C3)cc1. The van der Waals surface area contributed by atoms with Crippen LogP contribution in [0.4, 0.5) is 0 Å². The second-order valence-corrected chi connectivity index (χ2v) is 6.83. The van der Waals surface area contributed by atoms with E-state index in [0.29, 0.717) is 6.47 Å². The van der Waals surface area contributed by atoms with Crippen molar-refractivity contribution in [2.24, 2.45) is 0 Å². The van der Waals surface area contributed by atoms with Gasteiger partial charge in [-0.25, -0.2) is 0 Å². The molecule has 4 nitrogen and oxygen atoms in total. The molecule has 0 unspecified atom stereocenters. The molecular formula is C22H26N2O2. The zero-order valence-corrected chi connectivity index (χ0v) is 15.7. The van der Waals surface area contributed by atoms with Crippen LogP contribution in [-0.2, 0) is 29.0 Å². The fourth-order valence-corrected chi connectivity index (χ4v) is 3.58. The minimum atomic E-state index is 0.375. The summed E-state index contributed by atoms with van der Waals surface area (Å²) in [5, 5.41) is 1.44. The maximum absolute atomic E-state index is 8.95. The summed E-state index contributed by atoms with van der Waals surface area (Å²) in [5.41, 5.74) is 7.13. The first kappa shape index (κ1) is 18.2. The monoisotopic (exact) mass is 350 g/mol. The minimum absolute atomic E-state index is 0.375. The lowest BCUT2D eigenvalue weighted by atomic mass is 10.0. The second-order valence-electron chi connectivity index (χ2n) is 6.83. The summed E-state index contributed by atoms with van der Waals surface area (Å²) in [6.45, 7) is 5.69. The Morgan fingerprint density at radius 3 is 2.50 bits per heavy atom. The van der Waals surface area contributed by atoms with E-state index in [-0.39, 0.29) is 0 Å². The van der Waals surface area contributed by atoms with Crippen molar-refractivity contribution in [1.29, 1.82) is 0 Å². The minimum Gasteiger partial charge on any atom is -0.471 e. The molecule has 0 N–H and O–H groups in total. The predicted molar refractivity (Wildman–Crippen MR) is 105 cm³/mol. The molecule has 3 aromatic rings. The summed E-state index contributed by atoms with van der Waals surface area (Å²) in [4.78, 5) is 11.4. The molecule has 0 spiro atoms. The number of aryl methyl sites for hydroxylation is 1. The third-order valence-electron chi connectivity index (χ3n) is 4.91. The predicted octanol–water partition coefficient (Wildman–Crippen LogP) is 3.78. The van der Waals surface area contributed by atoms with Gasteiger partial charge in [-0.2, -0.15) is 0 Å². The van der Waals surface area contributed by atoms with E-state index < -0.39 is 0 Å². The fourth-order valence-electron chi connectivity index (χ4n) is 3.58. The Kier molecular flexibility index (Phi) is 5.74. The number of rotatable bonds is 3. The number of carbonyl (C=O) groups excluding carboxylic acids is 1. The molecule has 26 heavy (non-hydrogen) atoms. The zero-order chi connectivity index (χ0) is 18.5. The van der Waals surface area contributed by atoms with Crippen molar-refractivity contribution in [3.63, 3.8) is 0 Å². The number of hydrogen-bond acceptors (Lipinski definition) is 3. The van der Waals surface area contributed by atoms with Crippen molar-refractivity contribution < 1.29 is 9.53 Å². The molecule has 4 heteroatoms. The van der Waals surface area contributed by atoms with Gasteiger partial charge in [-0.15, -0.1) is 0 Å². The number of nitrogens with zero attached hydrogens (tertiary/aromatic N) is 2. The molecule has 0 saturated carbocycles. The molecule has 2 heterocycles. The van der Waals surface area contributed by atoms with Crippen LogP contribution in [0, 0.1) is 6.92 Å². The van der Waals surface area contributed by atoms with E-state index in [9.17, 15) is 0 Å². The maximum atomic E-state index is 8.95. The number of aromatic nitrogens is 1. The zero-order valence-electron chi connectivity index (χ0n) is 15.7. The highest BCUT2D eigenvalue weighted by atomic mass is 16.5. The first-order chi connectivity index (χ1) is 12.6. The summed E-state index contributed by atoms with van der Waals surface area (Å²) in [6, 6.07) is 17.8. The molecule has 136 valence electrons. The van der Waals surface area contributed by atoms with Crippen LogP contribution >= 0.6 is 0 Å². The van der Waals surface area contributed by atoms with Gasteiger partial charge >= 0.3 is 0 Å². The lowest BCUT2D eigenvalue weighted by Gasteiger charge is -2.24. The number of methoxy groups -OCH3 is 1. The Morgan fingerprint density at radius 2 is 1.81 bits per heavy atom. The highest BCUT2D eigenvalue weighted by molar-refractivity contribution is 5.86. The lowest BCUT2D eigenvalue weighted by molar-refractivity contribution is -0.126. The number of hydrogen-bond donors (Lipinski definition) is 0. The van der Waals surface area contributed by atoms with Gasteiger partial charge in [0.25, 0.3) is 6.47 Å². The lowest BCUT2D eigenvalue weighted by Crippen LogP contribution is -2.27. The van der Waals surface area contributed by atoms with Gasteiger partial charge in [-0.05, 0) is 37.6 Å². The van der Waals surface area contributed by atoms with Gasteiger partial charge < -0.3 is 14.2 Å². The fraction of sp³-hybridized carbons (Fsp3) is 0.318. The molecule has 0 aliphatic carbocycles. The number of likely N-dealkylation sites (N-methyl/N-ethyl adjacent to an activating group) is 1. The van der Waals surface area contributed by atoms with Crippen molar-refractivity contribution in [3.8, 4) is 0 Å². The third kappa shape index (κ3) is 3.81. The first-order valence-electron chi connectivity index (χ1n) is 8.93. The highest BCUT2D eigenvalue weighted by Crippen LogP contribution is 2.31. The molecule has 0 fully saturated rings. The van der Waals surface area contributed by atoms with Gasteiger partial charge in [-0.1, -0.05) is 48.0 Å². The van der Waals surface area contributed by atoms with Crippen molar-refractivity contribution in [3.05, 3.63) is 70.9 Å². The molecule has 2 aromatic carbocycles. The molecule has 0 atom stereocenters. The topological polar surface area (TPSA) is 34.5 Å². The Morgan fingerprint density at radius 1 is 1.12 bits per heavy atom. The first-order valence-corrected chi connectivity index (χ1v) is 8.93. The van der Waals surface area contributed by atoms with Gasteiger partial charge in [0.15, 0.2) is 0 Å². The Labute approximate surface area is 155 Å². The molecule has 0 saturated heterocycles. The Bertz CT molecular complexity index is 881. The summed E-state index contributed by atoms with van der Waals surface area (Å²) < 4.78 is 6.38. The molecule has 1 aliphatic heterocycles. The van der Waals surface area contributed by atoms with Crippen LogP contribution < -0.4 is 0 Å². The molecular weight excluding hydrogens is 324 g/mol. The highest BCUT2D eigenvalue weighted by Gasteiger charge is 2.21. The van der Waals surface area contributed by atoms with Gasteiger partial charge in [0, 0.05) is 36.2 Å². The van der Waals surface area contributed by atoms with Crippen molar-refractivity contribution in [1.82, 2.24) is 9.47 Å². The smallest absolute Gasteiger partial charge is 0.292 e. The van der Waals surface area contributed by atoms with Crippen molar-refractivity contribution >= 4 is 17.4 Å². The molecule has 4 rings (SSSR count). The average Bonchev–Trinajstić information content (AvgIpc) is 2.97. The van der Waals surface area contributed by atoms with Crippen LogP contribution in [0.2, 0.25) is 0 Å². The number of benzene rings is 2. The number of carbonyl (C=O) groups is 1. The van der Waals surface area contributed by atoms with Crippen LogP contribution in [0.3, 0.4) is 0 Å². The summed E-state index contributed by atoms with van der Waals surface area (Å²) in [5.74, 6) is 0. The van der Waals surface area contributed by atoms with E-state index in [1.165, 1.54) is 34.8 Å². The second kappa shape index (κ2) is 8.19. The Balaban J connectivity index is 0.000000447. The quantitative estimate of drug-likeness (QED) is 0.674. The molecule has 1 aromatic heterocycles. The summed E-state index contributed by atoms with van der Waals surface area (Å²) in [7, 11) is 3.53. The van der Waals surface area contributed by atoms with E-state index in [4.69, 9.17) is 4.79 Å². The molecule has 0 radical (unpaired) electrons. The van der Waals surface area contributed by atoms with E-state index in [1.54, 1.807) is 5.56 Å². The van der Waals surface area contributed by atoms with Crippen LogP contribution in [0.25, 0.3) is 10.9 Å². The molecule has 0 amide bonds. The average molecular weight is 350 g/mol. The Hall–Kier alpha value is -2.59.